The van der Waals surface area contributed by atoms with E-state index in [0.29, 0.717) is 0 Å². The lowest BCUT2D eigenvalue weighted by molar-refractivity contribution is 0.312. The van der Waals surface area contributed by atoms with Gasteiger partial charge in [-0.05, 0) is 27.8 Å². The van der Waals surface area contributed by atoms with Crippen molar-refractivity contribution in [2.45, 2.75) is 32.9 Å². The van der Waals surface area contributed by atoms with Gasteiger partial charge in [0.25, 0.3) is 0 Å². The lowest BCUT2D eigenvalue weighted by atomic mass is 10.1. The lowest BCUT2D eigenvalue weighted by Gasteiger charge is -2.33. The molecule has 1 aliphatic rings. The first-order valence-electron chi connectivity index (χ1n) is 6.93. The van der Waals surface area contributed by atoms with Crippen LogP contribution in [0.2, 0.25) is 0 Å². The number of anilines is 1. The highest BCUT2D eigenvalue weighted by molar-refractivity contribution is 5.36. The summed E-state index contributed by atoms with van der Waals surface area (Å²) in [4.78, 5) is 13.7. The van der Waals surface area contributed by atoms with Crippen molar-refractivity contribution in [3.8, 4) is 0 Å². The van der Waals surface area contributed by atoms with Crippen LogP contribution in [0.4, 0.5) is 5.82 Å². The molecule has 106 valence electrons. The van der Waals surface area contributed by atoms with E-state index >= 15 is 0 Å². The number of aromatic nitrogens is 2. The van der Waals surface area contributed by atoms with Crippen LogP contribution in [0, 0.1) is 0 Å². The number of piperazine rings is 1. The van der Waals surface area contributed by atoms with Crippen molar-refractivity contribution in [1.29, 1.82) is 0 Å². The van der Waals surface area contributed by atoms with Gasteiger partial charge in [0.2, 0.25) is 0 Å². The molecule has 1 saturated heterocycles. The molecule has 1 aromatic rings. The molecule has 0 aromatic carbocycles. The molecule has 0 bridgehead atoms. The van der Waals surface area contributed by atoms with Crippen LogP contribution in [0.1, 0.15) is 26.5 Å². The third-order valence-corrected chi connectivity index (χ3v) is 3.32. The molecule has 0 aliphatic carbocycles. The zero-order valence-electron chi connectivity index (χ0n) is 12.5. The first kappa shape index (κ1) is 14.2. The summed E-state index contributed by atoms with van der Waals surface area (Å²) in [7, 11) is 2.16. The Morgan fingerprint density at radius 3 is 2.32 bits per heavy atom. The average Bonchev–Trinajstić information content (AvgIpc) is 2.37. The predicted molar refractivity (Wildman–Crippen MR) is 78.3 cm³/mol. The predicted octanol–water partition coefficient (Wildman–Crippen LogP) is 1.12. The van der Waals surface area contributed by atoms with Crippen LogP contribution in [-0.4, -0.2) is 53.6 Å². The maximum Gasteiger partial charge on any atom is 0.147 e. The van der Waals surface area contributed by atoms with Crippen LogP contribution in [0.15, 0.2) is 12.4 Å². The van der Waals surface area contributed by atoms with E-state index in [2.05, 4.69) is 52.9 Å². The van der Waals surface area contributed by atoms with Crippen LogP contribution in [0.3, 0.4) is 0 Å². The molecule has 1 aromatic heterocycles. The van der Waals surface area contributed by atoms with E-state index in [-0.39, 0.29) is 5.54 Å². The van der Waals surface area contributed by atoms with Crippen LogP contribution < -0.4 is 10.2 Å². The molecular formula is C14H25N5. The molecule has 0 atom stereocenters. The van der Waals surface area contributed by atoms with Crippen molar-refractivity contribution in [3.63, 3.8) is 0 Å². The SMILES string of the molecule is CN1CCN(c2cnc(CNC(C)(C)C)cn2)CC1. The van der Waals surface area contributed by atoms with Gasteiger partial charge in [0, 0.05) is 38.3 Å². The van der Waals surface area contributed by atoms with Crippen molar-refractivity contribution in [3.05, 3.63) is 18.1 Å². The molecule has 5 heteroatoms. The van der Waals surface area contributed by atoms with Crippen molar-refractivity contribution < 1.29 is 0 Å². The van der Waals surface area contributed by atoms with Gasteiger partial charge in [-0.1, -0.05) is 0 Å². The molecule has 1 fully saturated rings. The van der Waals surface area contributed by atoms with Crippen molar-refractivity contribution in [2.24, 2.45) is 0 Å². The summed E-state index contributed by atoms with van der Waals surface area (Å²) in [6.07, 6.45) is 3.78. The van der Waals surface area contributed by atoms with Crippen molar-refractivity contribution in [2.75, 3.05) is 38.1 Å². The summed E-state index contributed by atoms with van der Waals surface area (Å²) in [5.41, 5.74) is 1.10. The minimum atomic E-state index is 0.109. The molecule has 1 N–H and O–H groups in total. The van der Waals surface area contributed by atoms with Crippen LogP contribution in [-0.2, 0) is 6.54 Å². The standard InChI is InChI=1S/C14H25N5/c1-14(2,3)17-10-12-9-16-13(11-15-12)19-7-5-18(4)6-8-19/h9,11,17H,5-8,10H2,1-4H3. The van der Waals surface area contributed by atoms with E-state index < -0.39 is 0 Å². The van der Waals surface area contributed by atoms with Gasteiger partial charge in [-0.25, -0.2) is 4.98 Å². The molecule has 0 radical (unpaired) electrons. The van der Waals surface area contributed by atoms with Crippen molar-refractivity contribution >= 4 is 5.82 Å². The van der Waals surface area contributed by atoms with Crippen LogP contribution in [0.25, 0.3) is 0 Å². The normalized spacial score (nSPS) is 17.8. The van der Waals surface area contributed by atoms with Crippen molar-refractivity contribution in [1.82, 2.24) is 20.2 Å². The van der Waals surface area contributed by atoms with E-state index in [1.54, 1.807) is 0 Å². The first-order valence-corrected chi connectivity index (χ1v) is 6.93. The maximum absolute atomic E-state index is 4.53. The fourth-order valence-corrected chi connectivity index (χ4v) is 1.99. The fraction of sp³-hybridized carbons (Fsp3) is 0.714. The quantitative estimate of drug-likeness (QED) is 0.885. The highest BCUT2D eigenvalue weighted by Gasteiger charge is 2.15. The zero-order chi connectivity index (χ0) is 13.9. The topological polar surface area (TPSA) is 44.3 Å². The summed E-state index contributed by atoms with van der Waals surface area (Å²) in [5, 5.41) is 3.42. The number of hydrogen-bond acceptors (Lipinski definition) is 5. The molecule has 0 saturated carbocycles. The largest absolute Gasteiger partial charge is 0.353 e. The molecular weight excluding hydrogens is 238 g/mol. The molecule has 2 heterocycles. The number of nitrogens with one attached hydrogen (secondary N) is 1. The molecule has 1 aliphatic heterocycles. The lowest BCUT2D eigenvalue weighted by Crippen LogP contribution is -2.44. The maximum atomic E-state index is 4.53. The Balaban J connectivity index is 1.91. The Kier molecular flexibility index (Phi) is 4.37. The second-order valence-corrected chi connectivity index (χ2v) is 6.26. The Hall–Kier alpha value is -1.20. The minimum absolute atomic E-state index is 0.109. The molecule has 0 spiro atoms. The fourth-order valence-electron chi connectivity index (χ4n) is 1.99. The second kappa shape index (κ2) is 5.84. The minimum Gasteiger partial charge on any atom is -0.353 e. The van der Waals surface area contributed by atoms with E-state index in [1.165, 1.54) is 0 Å². The highest BCUT2D eigenvalue weighted by Crippen LogP contribution is 2.12. The Morgan fingerprint density at radius 2 is 1.79 bits per heavy atom. The summed E-state index contributed by atoms with van der Waals surface area (Å²) >= 11 is 0. The van der Waals surface area contributed by atoms with Crippen LogP contribution >= 0.6 is 0 Å². The number of nitrogens with zero attached hydrogens (tertiary/aromatic N) is 4. The first-order chi connectivity index (χ1) is 8.94. The number of rotatable bonds is 3. The van der Waals surface area contributed by atoms with E-state index in [1.807, 2.05) is 12.4 Å². The van der Waals surface area contributed by atoms with Gasteiger partial charge in [0.15, 0.2) is 0 Å². The smallest absolute Gasteiger partial charge is 0.147 e. The van der Waals surface area contributed by atoms with E-state index in [4.69, 9.17) is 0 Å². The van der Waals surface area contributed by atoms with Gasteiger partial charge in [0.1, 0.15) is 5.82 Å². The molecule has 19 heavy (non-hydrogen) atoms. The van der Waals surface area contributed by atoms with Gasteiger partial charge in [-0.15, -0.1) is 0 Å². The van der Waals surface area contributed by atoms with Crippen LogP contribution in [0.5, 0.6) is 0 Å². The summed E-state index contributed by atoms with van der Waals surface area (Å²) in [6, 6.07) is 0. The second-order valence-electron chi connectivity index (χ2n) is 6.26. The zero-order valence-corrected chi connectivity index (χ0v) is 12.5. The molecule has 5 nitrogen and oxygen atoms in total. The number of hydrogen-bond donors (Lipinski definition) is 1. The molecule has 0 unspecified atom stereocenters. The van der Waals surface area contributed by atoms with E-state index in [9.17, 15) is 0 Å². The Morgan fingerprint density at radius 1 is 1.11 bits per heavy atom. The summed E-state index contributed by atoms with van der Waals surface area (Å²) < 4.78 is 0. The van der Waals surface area contributed by atoms with Gasteiger partial charge in [0.05, 0.1) is 18.1 Å². The van der Waals surface area contributed by atoms with Gasteiger partial charge in [-0.2, -0.15) is 0 Å². The van der Waals surface area contributed by atoms with E-state index in [0.717, 1.165) is 44.2 Å². The Labute approximate surface area is 116 Å². The third kappa shape index (κ3) is 4.44. The number of likely N-dealkylation sites (N-methyl/N-ethyl adjacent to an activating group) is 1. The summed E-state index contributed by atoms with van der Waals surface area (Å²) in [6.45, 7) is 11.5. The summed E-state index contributed by atoms with van der Waals surface area (Å²) in [5.74, 6) is 0.993. The molecule has 2 rings (SSSR count). The van der Waals surface area contributed by atoms with Gasteiger partial charge >= 0.3 is 0 Å². The third-order valence-electron chi connectivity index (χ3n) is 3.32. The van der Waals surface area contributed by atoms with Gasteiger partial charge in [-0.3, -0.25) is 4.98 Å². The highest BCUT2D eigenvalue weighted by atomic mass is 15.3. The van der Waals surface area contributed by atoms with Gasteiger partial charge < -0.3 is 15.1 Å². The monoisotopic (exact) mass is 263 g/mol. The Bertz CT molecular complexity index is 387. The molecule has 0 amide bonds. The average molecular weight is 263 g/mol.